The molecule has 1 atom stereocenters. The number of imidazole rings is 1. The van der Waals surface area contributed by atoms with E-state index in [-0.39, 0.29) is 16.9 Å². The second-order valence-corrected chi connectivity index (χ2v) is 8.57. The molecule has 3 rings (SSSR count). The molecule has 0 bridgehead atoms. The molecular formula is C21H27N3O2S. The lowest BCUT2D eigenvalue weighted by Gasteiger charge is -2.18. The van der Waals surface area contributed by atoms with E-state index < -0.39 is 0 Å². The number of hydrogen-bond donors (Lipinski definition) is 1. The summed E-state index contributed by atoms with van der Waals surface area (Å²) in [5.74, 6) is -0.102. The normalized spacial score (nSPS) is 15.7. The van der Waals surface area contributed by atoms with Gasteiger partial charge in [-0.1, -0.05) is 36.7 Å². The van der Waals surface area contributed by atoms with Gasteiger partial charge in [-0.25, -0.2) is 4.98 Å². The average Bonchev–Trinajstić information content (AvgIpc) is 3.24. The molecule has 0 spiro atoms. The van der Waals surface area contributed by atoms with Crippen molar-refractivity contribution in [3.63, 3.8) is 0 Å². The van der Waals surface area contributed by atoms with Crippen LogP contribution in [0.25, 0.3) is 0 Å². The maximum atomic E-state index is 12.7. The average molecular weight is 386 g/mol. The van der Waals surface area contributed by atoms with Gasteiger partial charge in [-0.3, -0.25) is 9.59 Å². The summed E-state index contributed by atoms with van der Waals surface area (Å²) in [5, 5.41) is 3.56. The van der Waals surface area contributed by atoms with E-state index >= 15 is 0 Å². The summed E-state index contributed by atoms with van der Waals surface area (Å²) in [5.41, 5.74) is 3.47. The maximum absolute atomic E-state index is 12.7. The van der Waals surface area contributed by atoms with Crippen molar-refractivity contribution in [3.05, 3.63) is 41.2 Å². The van der Waals surface area contributed by atoms with Gasteiger partial charge in [-0.15, -0.1) is 0 Å². The van der Waals surface area contributed by atoms with Gasteiger partial charge in [-0.05, 0) is 52.7 Å². The molecule has 1 amide bonds. The molecular weight excluding hydrogens is 358 g/mol. The van der Waals surface area contributed by atoms with Gasteiger partial charge in [0.1, 0.15) is 0 Å². The Balaban J connectivity index is 1.72. The Labute approximate surface area is 164 Å². The van der Waals surface area contributed by atoms with Gasteiger partial charge in [0.2, 0.25) is 5.91 Å². The van der Waals surface area contributed by atoms with Crippen molar-refractivity contribution < 1.29 is 9.59 Å². The fourth-order valence-electron chi connectivity index (χ4n) is 3.54. The number of thioether (sulfide) groups is 1. The van der Waals surface area contributed by atoms with Crippen molar-refractivity contribution in [3.8, 4) is 0 Å². The summed E-state index contributed by atoms with van der Waals surface area (Å²) in [7, 11) is 0. The van der Waals surface area contributed by atoms with E-state index in [9.17, 15) is 9.59 Å². The first kappa shape index (κ1) is 19.7. The zero-order chi connectivity index (χ0) is 19.6. The smallest absolute Gasteiger partial charge is 0.237 e. The summed E-state index contributed by atoms with van der Waals surface area (Å²) in [6.45, 7) is 7.56. The largest absolute Gasteiger partial charge is 0.325 e. The zero-order valence-electron chi connectivity index (χ0n) is 16.4. The van der Waals surface area contributed by atoms with Crippen molar-refractivity contribution in [2.75, 3.05) is 5.32 Å². The highest BCUT2D eigenvalue weighted by molar-refractivity contribution is 8.00. The fourth-order valence-corrected chi connectivity index (χ4v) is 4.61. The lowest BCUT2D eigenvalue weighted by atomic mass is 10.1. The van der Waals surface area contributed by atoms with E-state index in [1.165, 1.54) is 50.1 Å². The molecule has 1 fully saturated rings. The monoisotopic (exact) mass is 385 g/mol. The van der Waals surface area contributed by atoms with Crippen LogP contribution in [0.1, 0.15) is 67.3 Å². The molecule has 1 aromatic heterocycles. The van der Waals surface area contributed by atoms with Crippen molar-refractivity contribution in [2.24, 2.45) is 0 Å². The number of nitrogens with one attached hydrogen (secondary N) is 1. The summed E-state index contributed by atoms with van der Waals surface area (Å²) in [6.07, 6.45) is 4.88. The summed E-state index contributed by atoms with van der Waals surface area (Å²) in [4.78, 5) is 28.9. The number of benzene rings is 1. The molecule has 27 heavy (non-hydrogen) atoms. The van der Waals surface area contributed by atoms with Crippen LogP contribution in [0.15, 0.2) is 29.4 Å². The highest BCUT2D eigenvalue weighted by atomic mass is 32.2. The second kappa shape index (κ2) is 8.30. The van der Waals surface area contributed by atoms with E-state index in [0.29, 0.717) is 17.3 Å². The van der Waals surface area contributed by atoms with E-state index in [0.717, 1.165) is 10.9 Å². The fraction of sp³-hybridized carbons (Fsp3) is 0.476. The molecule has 1 N–H and O–H groups in total. The molecule has 1 unspecified atom stereocenters. The van der Waals surface area contributed by atoms with Gasteiger partial charge in [0.05, 0.1) is 10.9 Å². The Kier molecular flexibility index (Phi) is 6.05. The second-order valence-electron chi connectivity index (χ2n) is 7.26. The number of anilines is 1. The van der Waals surface area contributed by atoms with E-state index in [1.54, 1.807) is 24.3 Å². The number of aryl methyl sites for hydroxylation is 1. The molecule has 144 valence electrons. The number of ketones is 1. The molecule has 2 aromatic rings. The lowest BCUT2D eigenvalue weighted by Crippen LogP contribution is -2.23. The van der Waals surface area contributed by atoms with Crippen LogP contribution in [0.4, 0.5) is 5.69 Å². The number of Topliss-reactive ketones (excluding diaryl/α,β-unsaturated/α-hetero) is 1. The summed E-state index contributed by atoms with van der Waals surface area (Å²) < 4.78 is 2.33. The minimum absolute atomic E-state index is 0.0157. The van der Waals surface area contributed by atoms with E-state index in [4.69, 9.17) is 4.98 Å². The molecule has 0 saturated heterocycles. The standard InChI is InChI=1S/C21H27N3O2S/c1-13-14(2)24(19-10-5-6-11-19)21(22-13)27-16(4)20(26)23-18-9-7-8-17(12-18)15(3)25/h7-9,12,16,19H,5-6,10-11H2,1-4H3,(H,23,26). The van der Waals surface area contributed by atoms with Crippen LogP contribution in [0.3, 0.4) is 0 Å². The van der Waals surface area contributed by atoms with Crippen molar-refractivity contribution in [1.29, 1.82) is 0 Å². The third kappa shape index (κ3) is 4.43. The number of carbonyl (C=O) groups is 2. The Morgan fingerprint density at radius 3 is 2.63 bits per heavy atom. The molecule has 1 saturated carbocycles. The van der Waals surface area contributed by atoms with Gasteiger partial charge >= 0.3 is 0 Å². The van der Waals surface area contributed by atoms with Gasteiger partial charge in [0.25, 0.3) is 0 Å². The van der Waals surface area contributed by atoms with Crippen LogP contribution in [-0.4, -0.2) is 26.5 Å². The minimum atomic E-state index is -0.285. The van der Waals surface area contributed by atoms with Gasteiger partial charge in [-0.2, -0.15) is 0 Å². The van der Waals surface area contributed by atoms with Gasteiger partial charge in [0, 0.05) is 23.0 Å². The first-order chi connectivity index (χ1) is 12.9. The Hall–Kier alpha value is -2.08. The van der Waals surface area contributed by atoms with Crippen LogP contribution in [0.5, 0.6) is 0 Å². The maximum Gasteiger partial charge on any atom is 0.237 e. The molecule has 0 radical (unpaired) electrons. The Morgan fingerprint density at radius 2 is 1.96 bits per heavy atom. The van der Waals surface area contributed by atoms with Crippen molar-refractivity contribution >= 4 is 29.1 Å². The molecule has 1 aromatic carbocycles. The third-order valence-electron chi connectivity index (χ3n) is 5.23. The number of rotatable bonds is 6. The molecule has 1 aliphatic rings. The number of hydrogen-bond acceptors (Lipinski definition) is 4. The predicted molar refractivity (Wildman–Crippen MR) is 110 cm³/mol. The molecule has 5 nitrogen and oxygen atoms in total. The molecule has 6 heteroatoms. The van der Waals surface area contributed by atoms with Crippen LogP contribution < -0.4 is 5.32 Å². The topological polar surface area (TPSA) is 64.0 Å². The van der Waals surface area contributed by atoms with Gasteiger partial charge < -0.3 is 9.88 Å². The highest BCUT2D eigenvalue weighted by Crippen LogP contribution is 2.36. The highest BCUT2D eigenvalue weighted by Gasteiger charge is 2.25. The molecule has 1 heterocycles. The SMILES string of the molecule is CC(=O)c1cccc(NC(=O)C(C)Sc2nc(C)c(C)n2C2CCCC2)c1. The Morgan fingerprint density at radius 1 is 1.26 bits per heavy atom. The molecule has 0 aliphatic heterocycles. The van der Waals surface area contributed by atoms with E-state index in [2.05, 4.69) is 16.8 Å². The van der Waals surface area contributed by atoms with Crippen LogP contribution in [-0.2, 0) is 4.79 Å². The number of carbonyl (C=O) groups excluding carboxylic acids is 2. The summed E-state index contributed by atoms with van der Waals surface area (Å²) in [6, 6.07) is 7.54. The lowest BCUT2D eigenvalue weighted by molar-refractivity contribution is -0.115. The van der Waals surface area contributed by atoms with Crippen LogP contribution in [0.2, 0.25) is 0 Å². The summed E-state index contributed by atoms with van der Waals surface area (Å²) >= 11 is 1.50. The zero-order valence-corrected chi connectivity index (χ0v) is 17.2. The predicted octanol–water partition coefficient (Wildman–Crippen LogP) is 4.94. The Bertz CT molecular complexity index is 853. The first-order valence-electron chi connectivity index (χ1n) is 9.50. The number of nitrogens with zero attached hydrogens (tertiary/aromatic N) is 2. The van der Waals surface area contributed by atoms with Crippen molar-refractivity contribution in [2.45, 2.75) is 69.8 Å². The van der Waals surface area contributed by atoms with Gasteiger partial charge in [0.15, 0.2) is 10.9 Å². The number of amides is 1. The third-order valence-corrected chi connectivity index (χ3v) is 6.30. The van der Waals surface area contributed by atoms with E-state index in [1.807, 2.05) is 13.8 Å². The van der Waals surface area contributed by atoms with Crippen LogP contribution >= 0.6 is 11.8 Å². The first-order valence-corrected chi connectivity index (χ1v) is 10.4. The quantitative estimate of drug-likeness (QED) is 0.565. The number of aromatic nitrogens is 2. The van der Waals surface area contributed by atoms with Crippen LogP contribution in [0, 0.1) is 13.8 Å². The van der Waals surface area contributed by atoms with Crippen molar-refractivity contribution in [1.82, 2.24) is 9.55 Å². The minimum Gasteiger partial charge on any atom is -0.325 e. The molecule has 1 aliphatic carbocycles.